The molecular formula is C11H17N3O5S. The van der Waals surface area contributed by atoms with Crippen LogP contribution in [-0.4, -0.2) is 32.5 Å². The highest BCUT2D eigenvalue weighted by atomic mass is 32.2. The lowest BCUT2D eigenvalue weighted by Crippen LogP contribution is -2.38. The number of hydrogen-bond acceptors (Lipinski definition) is 6. The average molecular weight is 303 g/mol. The van der Waals surface area contributed by atoms with Crippen LogP contribution in [0, 0.1) is 10.1 Å². The summed E-state index contributed by atoms with van der Waals surface area (Å²) in [4.78, 5) is 10.1. The minimum absolute atomic E-state index is 0.0245. The predicted molar refractivity (Wildman–Crippen MR) is 73.1 cm³/mol. The number of benzene rings is 1. The van der Waals surface area contributed by atoms with E-state index in [1.165, 1.54) is 19.2 Å². The normalized spacial score (nSPS) is 12.2. The largest absolute Gasteiger partial charge is 0.485 e. The van der Waals surface area contributed by atoms with E-state index in [4.69, 9.17) is 10.5 Å². The highest BCUT2D eigenvalue weighted by Crippen LogP contribution is 2.30. The maximum absolute atomic E-state index is 11.6. The molecule has 9 heteroatoms. The van der Waals surface area contributed by atoms with Gasteiger partial charge in [0.25, 0.3) is 0 Å². The van der Waals surface area contributed by atoms with Gasteiger partial charge in [-0.05, 0) is 33.0 Å². The number of nitrogens with one attached hydrogen (secondary N) is 1. The molecule has 0 radical (unpaired) electrons. The fourth-order valence-corrected chi connectivity index (χ4v) is 2.06. The van der Waals surface area contributed by atoms with E-state index < -0.39 is 26.2 Å². The minimum atomic E-state index is -3.75. The molecule has 0 saturated heterocycles. The van der Waals surface area contributed by atoms with Crippen LogP contribution in [-0.2, 0) is 10.0 Å². The van der Waals surface area contributed by atoms with Gasteiger partial charge >= 0.3 is 5.69 Å². The van der Waals surface area contributed by atoms with Crippen LogP contribution in [0.5, 0.6) is 5.75 Å². The lowest BCUT2D eigenvalue weighted by molar-refractivity contribution is -0.386. The Morgan fingerprint density at radius 3 is 2.50 bits per heavy atom. The third-order valence-electron chi connectivity index (χ3n) is 2.31. The summed E-state index contributed by atoms with van der Waals surface area (Å²) in [7, 11) is -2.52. The molecule has 0 aromatic heterocycles. The molecule has 0 fully saturated rings. The van der Waals surface area contributed by atoms with E-state index in [-0.39, 0.29) is 17.3 Å². The standard InChI is InChI=1S/C11H17N3O5S/c1-11(2,12)7-19-10-5-4-8(20(17,18)13-3)6-9(10)14(15)16/h4-6,13H,7,12H2,1-3H3. The summed E-state index contributed by atoms with van der Waals surface area (Å²) >= 11 is 0. The Morgan fingerprint density at radius 1 is 1.45 bits per heavy atom. The third-order valence-corrected chi connectivity index (χ3v) is 3.72. The van der Waals surface area contributed by atoms with Gasteiger partial charge < -0.3 is 10.5 Å². The maximum atomic E-state index is 11.6. The molecular weight excluding hydrogens is 286 g/mol. The zero-order valence-corrected chi connectivity index (χ0v) is 12.2. The summed E-state index contributed by atoms with van der Waals surface area (Å²) in [6, 6.07) is 3.43. The van der Waals surface area contributed by atoms with Gasteiger partial charge in [-0.25, -0.2) is 13.1 Å². The van der Waals surface area contributed by atoms with Gasteiger partial charge in [-0.2, -0.15) is 0 Å². The topological polar surface area (TPSA) is 125 Å². The summed E-state index contributed by atoms with van der Waals surface area (Å²) < 4.78 is 30.6. The molecule has 1 aromatic carbocycles. The van der Waals surface area contributed by atoms with Crippen LogP contribution in [0.3, 0.4) is 0 Å². The first kappa shape index (κ1) is 16.3. The van der Waals surface area contributed by atoms with Crippen molar-refractivity contribution in [2.45, 2.75) is 24.3 Å². The van der Waals surface area contributed by atoms with Crippen LogP contribution in [0.1, 0.15) is 13.8 Å². The molecule has 0 spiro atoms. The summed E-state index contributed by atoms with van der Waals surface area (Å²) in [6.07, 6.45) is 0. The van der Waals surface area contributed by atoms with Gasteiger partial charge in [0, 0.05) is 11.6 Å². The van der Waals surface area contributed by atoms with Gasteiger partial charge in [-0.3, -0.25) is 10.1 Å². The van der Waals surface area contributed by atoms with E-state index in [9.17, 15) is 18.5 Å². The predicted octanol–water partition coefficient (Wildman–Crippen LogP) is 0.619. The fraction of sp³-hybridized carbons (Fsp3) is 0.455. The van der Waals surface area contributed by atoms with Crippen molar-refractivity contribution in [2.24, 2.45) is 5.73 Å². The van der Waals surface area contributed by atoms with Crippen LogP contribution in [0.15, 0.2) is 23.1 Å². The molecule has 0 aliphatic heterocycles. The molecule has 0 amide bonds. The van der Waals surface area contributed by atoms with Gasteiger partial charge in [-0.15, -0.1) is 0 Å². The number of nitro groups is 1. The summed E-state index contributed by atoms with van der Waals surface area (Å²) in [5, 5.41) is 11.0. The molecule has 0 aliphatic carbocycles. The molecule has 0 atom stereocenters. The van der Waals surface area contributed by atoms with Gasteiger partial charge in [0.15, 0.2) is 5.75 Å². The van der Waals surface area contributed by atoms with Gasteiger partial charge in [0.05, 0.1) is 9.82 Å². The van der Waals surface area contributed by atoms with Crippen LogP contribution in [0.25, 0.3) is 0 Å². The first-order valence-corrected chi connectivity index (χ1v) is 7.19. The lowest BCUT2D eigenvalue weighted by Gasteiger charge is -2.19. The van der Waals surface area contributed by atoms with Crippen molar-refractivity contribution in [3.8, 4) is 5.75 Å². The van der Waals surface area contributed by atoms with Crippen molar-refractivity contribution in [2.75, 3.05) is 13.7 Å². The zero-order chi connectivity index (χ0) is 15.6. The number of hydrogen-bond donors (Lipinski definition) is 2. The van der Waals surface area contributed by atoms with Crippen LogP contribution < -0.4 is 15.2 Å². The maximum Gasteiger partial charge on any atom is 0.312 e. The number of ether oxygens (including phenoxy) is 1. The van der Waals surface area contributed by atoms with Crippen LogP contribution in [0.4, 0.5) is 5.69 Å². The smallest absolute Gasteiger partial charge is 0.312 e. The van der Waals surface area contributed by atoms with Crippen molar-refractivity contribution in [3.05, 3.63) is 28.3 Å². The average Bonchev–Trinajstić information content (AvgIpc) is 2.35. The Hall–Kier alpha value is -1.71. The van der Waals surface area contributed by atoms with Crippen LogP contribution in [0.2, 0.25) is 0 Å². The second-order valence-electron chi connectivity index (χ2n) is 4.87. The molecule has 0 unspecified atom stereocenters. The van der Waals surface area contributed by atoms with E-state index in [1.807, 2.05) is 0 Å². The van der Waals surface area contributed by atoms with Crippen molar-refractivity contribution in [3.63, 3.8) is 0 Å². The highest BCUT2D eigenvalue weighted by molar-refractivity contribution is 7.89. The summed E-state index contributed by atoms with van der Waals surface area (Å²) in [5.41, 5.74) is 4.64. The second kappa shape index (κ2) is 5.73. The van der Waals surface area contributed by atoms with Gasteiger partial charge in [0.2, 0.25) is 10.0 Å². The SMILES string of the molecule is CNS(=O)(=O)c1ccc(OCC(C)(C)N)c([N+](=O)[O-])c1. The second-order valence-corrected chi connectivity index (χ2v) is 6.76. The van der Waals surface area contributed by atoms with Crippen molar-refractivity contribution in [1.29, 1.82) is 0 Å². The molecule has 3 N–H and O–H groups in total. The first-order valence-electron chi connectivity index (χ1n) is 5.70. The Bertz CT molecular complexity index is 607. The van der Waals surface area contributed by atoms with Crippen molar-refractivity contribution in [1.82, 2.24) is 4.72 Å². The molecule has 0 heterocycles. The van der Waals surface area contributed by atoms with Gasteiger partial charge in [-0.1, -0.05) is 0 Å². The molecule has 0 saturated carbocycles. The Morgan fingerprint density at radius 2 is 2.05 bits per heavy atom. The van der Waals surface area contributed by atoms with Crippen LogP contribution >= 0.6 is 0 Å². The van der Waals surface area contributed by atoms with E-state index in [1.54, 1.807) is 13.8 Å². The highest BCUT2D eigenvalue weighted by Gasteiger charge is 2.22. The zero-order valence-electron chi connectivity index (χ0n) is 11.4. The number of nitro benzene ring substituents is 1. The summed E-state index contributed by atoms with van der Waals surface area (Å²) in [5.74, 6) is -0.0245. The number of nitrogens with two attached hydrogens (primary N) is 1. The van der Waals surface area contributed by atoms with Gasteiger partial charge in [0.1, 0.15) is 6.61 Å². The summed E-state index contributed by atoms with van der Waals surface area (Å²) in [6.45, 7) is 3.48. The van der Waals surface area contributed by atoms with E-state index in [0.29, 0.717) is 0 Å². The Kier molecular flexibility index (Phi) is 4.69. The van der Waals surface area contributed by atoms with Crippen molar-refractivity contribution >= 4 is 15.7 Å². The van der Waals surface area contributed by atoms with Crippen molar-refractivity contribution < 1.29 is 18.1 Å². The Labute approximate surface area is 117 Å². The number of rotatable bonds is 6. The molecule has 0 aliphatic rings. The van der Waals surface area contributed by atoms with E-state index in [0.717, 1.165) is 6.07 Å². The third kappa shape index (κ3) is 4.15. The monoisotopic (exact) mass is 303 g/mol. The molecule has 0 bridgehead atoms. The molecule has 20 heavy (non-hydrogen) atoms. The quantitative estimate of drug-likeness (QED) is 0.586. The fourth-order valence-electron chi connectivity index (χ4n) is 1.31. The number of nitrogens with zero attached hydrogens (tertiary/aromatic N) is 1. The Balaban J connectivity index is 3.19. The lowest BCUT2D eigenvalue weighted by atomic mass is 10.1. The van der Waals surface area contributed by atoms with E-state index >= 15 is 0 Å². The minimum Gasteiger partial charge on any atom is -0.485 e. The number of sulfonamides is 1. The molecule has 8 nitrogen and oxygen atoms in total. The molecule has 112 valence electrons. The molecule has 1 rings (SSSR count). The van der Waals surface area contributed by atoms with E-state index in [2.05, 4.69) is 4.72 Å². The first-order chi connectivity index (χ1) is 9.07. The molecule has 1 aromatic rings.